The second-order valence-corrected chi connectivity index (χ2v) is 8.98. The molecule has 3 aromatic rings. The van der Waals surface area contributed by atoms with E-state index in [-0.39, 0.29) is 18.5 Å². The lowest BCUT2D eigenvalue weighted by Crippen LogP contribution is -2.45. The molecule has 2 aliphatic rings. The molecule has 0 spiro atoms. The summed E-state index contributed by atoms with van der Waals surface area (Å²) in [6.45, 7) is 9.98. The Kier molecular flexibility index (Phi) is 6.43. The topological polar surface area (TPSA) is 65.6 Å². The fourth-order valence-electron chi connectivity index (χ4n) is 4.95. The van der Waals surface area contributed by atoms with Crippen molar-refractivity contribution in [1.82, 2.24) is 10.2 Å². The molecule has 0 amide bonds. The number of anilines is 2. The van der Waals surface area contributed by atoms with E-state index < -0.39 is 0 Å². The summed E-state index contributed by atoms with van der Waals surface area (Å²) in [5, 5.41) is 25.3. The number of aryl methyl sites for hydroxylation is 1. The van der Waals surface area contributed by atoms with E-state index in [1.54, 1.807) is 0 Å². The number of nitrogens with zero attached hydrogens (tertiary/aromatic N) is 4. The van der Waals surface area contributed by atoms with Crippen LogP contribution in [0.3, 0.4) is 0 Å². The molecule has 2 bridgehead atoms. The SMILES string of the molecule is Cl.[C-]#[N+]c1ccc2c(N3C4CCC3CC(O)C4)nnc(NCc3ccc(C)c(Cl)c3)c2c1. The molecule has 2 atom stereocenters. The summed E-state index contributed by atoms with van der Waals surface area (Å²) in [5.41, 5.74) is 2.67. The van der Waals surface area contributed by atoms with Gasteiger partial charge in [-0.25, -0.2) is 4.85 Å². The number of hydrogen-bond donors (Lipinski definition) is 2. The van der Waals surface area contributed by atoms with Gasteiger partial charge in [0.2, 0.25) is 0 Å². The normalized spacial score (nSPS) is 21.8. The second kappa shape index (κ2) is 9.11. The number of aliphatic hydroxyl groups excluding tert-OH is 1. The first-order chi connectivity index (χ1) is 15.0. The number of aromatic nitrogens is 2. The number of piperidine rings is 1. The summed E-state index contributed by atoms with van der Waals surface area (Å²) in [5.74, 6) is 1.51. The standard InChI is InChI=1S/C24H24ClN5O.ClH/c1-14-3-4-15(9-22(14)25)13-27-23-21-10-16(26-2)5-8-20(21)24(29-28-23)30-17-6-7-18(30)12-19(31)11-17;/h3-5,8-10,17-19,31H,6-7,11-13H2,1H3,(H,27,28);1H. The molecule has 166 valence electrons. The van der Waals surface area contributed by atoms with E-state index in [1.807, 2.05) is 43.3 Å². The quantitative estimate of drug-likeness (QED) is 0.481. The van der Waals surface area contributed by atoms with Crippen molar-refractivity contribution in [2.75, 3.05) is 10.2 Å². The molecule has 2 saturated heterocycles. The number of benzene rings is 2. The van der Waals surface area contributed by atoms with Gasteiger partial charge in [-0.2, -0.15) is 0 Å². The maximum Gasteiger partial charge on any atom is 0.188 e. The third-order valence-electron chi connectivity index (χ3n) is 6.52. The predicted octanol–water partition coefficient (Wildman–Crippen LogP) is 5.67. The van der Waals surface area contributed by atoms with Gasteiger partial charge >= 0.3 is 0 Å². The minimum absolute atomic E-state index is 0. The van der Waals surface area contributed by atoms with Crippen molar-refractivity contribution in [2.45, 2.75) is 57.3 Å². The van der Waals surface area contributed by atoms with Crippen molar-refractivity contribution in [3.63, 3.8) is 0 Å². The Morgan fingerprint density at radius 1 is 1.12 bits per heavy atom. The van der Waals surface area contributed by atoms with Crippen molar-refractivity contribution in [3.05, 3.63) is 64.0 Å². The summed E-state index contributed by atoms with van der Waals surface area (Å²) in [7, 11) is 0. The molecule has 2 aromatic carbocycles. The van der Waals surface area contributed by atoms with Gasteiger partial charge in [0.15, 0.2) is 17.3 Å². The summed E-state index contributed by atoms with van der Waals surface area (Å²) < 4.78 is 0. The smallest absolute Gasteiger partial charge is 0.188 e. The number of halogens is 2. The number of nitrogens with one attached hydrogen (secondary N) is 1. The largest absolute Gasteiger partial charge is 0.393 e. The minimum Gasteiger partial charge on any atom is -0.393 e. The van der Waals surface area contributed by atoms with Crippen molar-refractivity contribution in [2.24, 2.45) is 0 Å². The van der Waals surface area contributed by atoms with Crippen LogP contribution in [0.1, 0.15) is 36.8 Å². The van der Waals surface area contributed by atoms with Crippen LogP contribution in [0.5, 0.6) is 0 Å². The molecule has 1 aromatic heterocycles. The first-order valence-corrected chi connectivity index (χ1v) is 11.0. The molecule has 6 nitrogen and oxygen atoms in total. The van der Waals surface area contributed by atoms with Gasteiger partial charge in [0.05, 0.1) is 12.7 Å². The van der Waals surface area contributed by atoms with Crippen molar-refractivity contribution < 1.29 is 5.11 Å². The van der Waals surface area contributed by atoms with Gasteiger partial charge in [-0.1, -0.05) is 35.9 Å². The van der Waals surface area contributed by atoms with E-state index in [4.69, 9.17) is 18.2 Å². The molecule has 8 heteroatoms. The van der Waals surface area contributed by atoms with Gasteiger partial charge in [-0.05, 0) is 55.9 Å². The molecule has 0 aliphatic carbocycles. The fraction of sp³-hybridized carbons (Fsp3) is 0.375. The maximum absolute atomic E-state index is 10.2. The van der Waals surface area contributed by atoms with E-state index >= 15 is 0 Å². The molecule has 2 fully saturated rings. The Balaban J connectivity index is 0.00000245. The van der Waals surface area contributed by atoms with Crippen LogP contribution in [0.2, 0.25) is 5.02 Å². The Labute approximate surface area is 198 Å². The highest BCUT2D eigenvalue weighted by molar-refractivity contribution is 6.31. The lowest BCUT2D eigenvalue weighted by atomic mass is 9.99. The Bertz CT molecular complexity index is 1180. The van der Waals surface area contributed by atoms with Crippen LogP contribution in [-0.2, 0) is 6.54 Å². The van der Waals surface area contributed by atoms with Crippen LogP contribution in [0.4, 0.5) is 17.3 Å². The first kappa shape index (κ1) is 22.6. The van der Waals surface area contributed by atoms with Crippen molar-refractivity contribution in [3.8, 4) is 0 Å². The molecule has 2 aliphatic heterocycles. The average molecular weight is 470 g/mol. The van der Waals surface area contributed by atoms with Gasteiger partial charge in [0, 0.05) is 34.4 Å². The van der Waals surface area contributed by atoms with Crippen LogP contribution >= 0.6 is 24.0 Å². The molecule has 3 heterocycles. The van der Waals surface area contributed by atoms with E-state index in [2.05, 4.69) is 25.3 Å². The number of aliphatic hydroxyl groups is 1. The molecule has 0 radical (unpaired) electrons. The van der Waals surface area contributed by atoms with Crippen LogP contribution < -0.4 is 10.2 Å². The van der Waals surface area contributed by atoms with Crippen molar-refractivity contribution in [1.29, 1.82) is 0 Å². The van der Waals surface area contributed by atoms with Gasteiger partial charge in [-0.3, -0.25) is 0 Å². The predicted molar refractivity (Wildman–Crippen MR) is 131 cm³/mol. The third-order valence-corrected chi connectivity index (χ3v) is 6.93. The highest BCUT2D eigenvalue weighted by Gasteiger charge is 2.41. The average Bonchev–Trinajstić information content (AvgIpc) is 3.04. The lowest BCUT2D eigenvalue weighted by Gasteiger charge is -2.38. The summed E-state index contributed by atoms with van der Waals surface area (Å²) in [6.07, 6.45) is 3.45. The highest BCUT2D eigenvalue weighted by Crippen LogP contribution is 2.42. The second-order valence-electron chi connectivity index (χ2n) is 8.57. The zero-order chi connectivity index (χ0) is 21.5. The molecular formula is C24H25Cl2N5O. The van der Waals surface area contributed by atoms with Crippen molar-refractivity contribution >= 4 is 52.1 Å². The molecular weight excluding hydrogens is 445 g/mol. The number of fused-ring (bicyclic) bond motifs is 3. The van der Waals surface area contributed by atoms with Crippen LogP contribution in [-0.4, -0.2) is 33.5 Å². The zero-order valence-electron chi connectivity index (χ0n) is 17.8. The highest BCUT2D eigenvalue weighted by atomic mass is 35.5. The fourth-order valence-corrected chi connectivity index (χ4v) is 5.15. The third kappa shape index (κ3) is 4.09. The van der Waals surface area contributed by atoms with E-state index in [0.717, 1.165) is 58.4 Å². The summed E-state index contributed by atoms with van der Waals surface area (Å²) in [6, 6.07) is 12.3. The zero-order valence-corrected chi connectivity index (χ0v) is 19.3. The number of rotatable bonds is 4. The van der Waals surface area contributed by atoms with Crippen LogP contribution in [0.15, 0.2) is 36.4 Å². The Morgan fingerprint density at radius 2 is 1.88 bits per heavy atom. The lowest BCUT2D eigenvalue weighted by molar-refractivity contribution is 0.126. The molecule has 2 unspecified atom stereocenters. The van der Waals surface area contributed by atoms with Gasteiger partial charge in [0.1, 0.15) is 0 Å². The Hall–Kier alpha value is -2.59. The Morgan fingerprint density at radius 3 is 2.56 bits per heavy atom. The van der Waals surface area contributed by atoms with Gasteiger partial charge in [0.25, 0.3) is 0 Å². The summed E-state index contributed by atoms with van der Waals surface area (Å²) in [4.78, 5) is 5.96. The van der Waals surface area contributed by atoms with Crippen LogP contribution in [0, 0.1) is 13.5 Å². The first-order valence-electron chi connectivity index (χ1n) is 10.7. The minimum atomic E-state index is -0.232. The monoisotopic (exact) mass is 469 g/mol. The number of hydrogen-bond acceptors (Lipinski definition) is 5. The maximum atomic E-state index is 10.2. The van der Waals surface area contributed by atoms with Gasteiger partial charge in [-0.15, -0.1) is 22.6 Å². The van der Waals surface area contributed by atoms with E-state index in [9.17, 15) is 5.11 Å². The van der Waals surface area contributed by atoms with E-state index in [1.165, 1.54) is 0 Å². The van der Waals surface area contributed by atoms with Gasteiger partial charge < -0.3 is 15.3 Å². The molecule has 2 N–H and O–H groups in total. The van der Waals surface area contributed by atoms with Crippen LogP contribution in [0.25, 0.3) is 15.6 Å². The molecule has 32 heavy (non-hydrogen) atoms. The molecule has 0 saturated carbocycles. The molecule has 5 rings (SSSR count). The summed E-state index contributed by atoms with van der Waals surface area (Å²) >= 11 is 6.27. The van der Waals surface area contributed by atoms with E-state index in [0.29, 0.717) is 30.1 Å².